The van der Waals surface area contributed by atoms with E-state index in [2.05, 4.69) is 13.0 Å². The Labute approximate surface area is 120 Å². The van der Waals surface area contributed by atoms with Crippen LogP contribution in [-0.2, 0) is 12.8 Å². The zero-order valence-corrected chi connectivity index (χ0v) is 11.8. The first-order valence-electron chi connectivity index (χ1n) is 7.10. The third-order valence-corrected chi connectivity index (χ3v) is 3.53. The lowest BCUT2D eigenvalue weighted by Crippen LogP contribution is -2.07. The Bertz CT molecular complexity index is 573. The molecule has 2 rings (SSSR count). The van der Waals surface area contributed by atoms with E-state index in [0.717, 1.165) is 36.0 Å². The van der Waals surface area contributed by atoms with Crippen molar-refractivity contribution in [3.63, 3.8) is 0 Å². The van der Waals surface area contributed by atoms with Gasteiger partial charge < -0.3 is 5.11 Å². The molecule has 2 aromatic carbocycles. The van der Waals surface area contributed by atoms with Gasteiger partial charge in [0.15, 0.2) is 0 Å². The first-order chi connectivity index (χ1) is 9.72. The molecule has 0 fully saturated rings. The summed E-state index contributed by atoms with van der Waals surface area (Å²) in [5, 5.41) is 9.39. The highest BCUT2D eigenvalue weighted by Gasteiger charge is 2.14. The maximum absolute atomic E-state index is 11.4. The largest absolute Gasteiger partial charge is 0.478 e. The predicted molar refractivity (Wildman–Crippen MR) is 81.3 cm³/mol. The van der Waals surface area contributed by atoms with Gasteiger partial charge in [-0.25, -0.2) is 4.79 Å². The smallest absolute Gasteiger partial charge is 0.335 e. The third-order valence-electron chi connectivity index (χ3n) is 3.53. The number of hydrogen-bond acceptors (Lipinski definition) is 1. The van der Waals surface area contributed by atoms with Gasteiger partial charge >= 0.3 is 5.97 Å². The quantitative estimate of drug-likeness (QED) is 0.847. The Morgan fingerprint density at radius 2 is 1.80 bits per heavy atom. The minimum atomic E-state index is -0.839. The van der Waals surface area contributed by atoms with E-state index in [1.54, 1.807) is 6.07 Å². The Balaban J connectivity index is 2.38. The summed E-state index contributed by atoms with van der Waals surface area (Å²) in [7, 11) is 0. The van der Waals surface area contributed by atoms with Crippen LogP contribution in [0.4, 0.5) is 0 Å². The second-order valence-corrected chi connectivity index (χ2v) is 5.01. The summed E-state index contributed by atoms with van der Waals surface area (Å²) in [4.78, 5) is 11.4. The van der Waals surface area contributed by atoms with Gasteiger partial charge in [-0.1, -0.05) is 55.8 Å². The summed E-state index contributed by atoms with van der Waals surface area (Å²) in [5.41, 5.74) is 3.71. The van der Waals surface area contributed by atoms with Crippen molar-refractivity contribution in [3.8, 4) is 0 Å². The van der Waals surface area contributed by atoms with Crippen molar-refractivity contribution in [2.24, 2.45) is 0 Å². The fourth-order valence-electron chi connectivity index (χ4n) is 2.45. The molecular formula is C18H20O2. The number of carboxylic acids is 1. The molecule has 20 heavy (non-hydrogen) atoms. The van der Waals surface area contributed by atoms with Crippen LogP contribution in [0.2, 0.25) is 0 Å². The minimum absolute atomic E-state index is 0.433. The van der Waals surface area contributed by atoms with Gasteiger partial charge in [-0.2, -0.15) is 0 Å². The van der Waals surface area contributed by atoms with Gasteiger partial charge in [-0.3, -0.25) is 0 Å². The highest BCUT2D eigenvalue weighted by molar-refractivity contribution is 5.90. The van der Waals surface area contributed by atoms with Crippen molar-refractivity contribution in [2.75, 3.05) is 0 Å². The summed E-state index contributed by atoms with van der Waals surface area (Å²) < 4.78 is 0. The van der Waals surface area contributed by atoms with E-state index in [-0.39, 0.29) is 0 Å². The molecule has 0 atom stereocenters. The first-order valence-corrected chi connectivity index (χ1v) is 7.10. The molecule has 0 unspecified atom stereocenters. The predicted octanol–water partition coefficient (Wildman–Crippen LogP) is 4.32. The van der Waals surface area contributed by atoms with Crippen molar-refractivity contribution < 1.29 is 9.90 Å². The monoisotopic (exact) mass is 268 g/mol. The molecule has 0 saturated carbocycles. The third kappa shape index (κ3) is 3.47. The van der Waals surface area contributed by atoms with Gasteiger partial charge in [0.2, 0.25) is 0 Å². The fourth-order valence-corrected chi connectivity index (χ4v) is 2.45. The summed E-state index contributed by atoms with van der Waals surface area (Å²) in [6, 6.07) is 15.7. The molecule has 0 aliphatic carbocycles. The molecule has 0 aliphatic heterocycles. The Morgan fingerprint density at radius 3 is 2.45 bits per heavy atom. The number of hydrogen-bond donors (Lipinski definition) is 1. The average molecular weight is 268 g/mol. The zero-order chi connectivity index (χ0) is 14.4. The average Bonchev–Trinajstić information content (AvgIpc) is 2.47. The van der Waals surface area contributed by atoms with Crippen LogP contribution in [0.25, 0.3) is 0 Å². The molecule has 0 aliphatic rings. The molecular weight excluding hydrogens is 248 g/mol. The van der Waals surface area contributed by atoms with Crippen LogP contribution >= 0.6 is 0 Å². The van der Waals surface area contributed by atoms with Crippen LogP contribution in [0, 0.1) is 0 Å². The first kappa shape index (κ1) is 14.3. The molecule has 104 valence electrons. The fraction of sp³-hybridized carbons (Fsp3) is 0.278. The molecule has 0 spiro atoms. The molecule has 1 N–H and O–H groups in total. The van der Waals surface area contributed by atoms with E-state index in [0.29, 0.717) is 12.0 Å². The molecule has 0 radical (unpaired) electrons. The highest BCUT2D eigenvalue weighted by atomic mass is 16.4. The standard InChI is InChI=1S/C18H20O2/c1-2-3-10-15-11-7-12-16(18(19)20)17(15)13-14-8-5-4-6-9-14/h4-9,11-12H,2-3,10,13H2,1H3,(H,19,20). The van der Waals surface area contributed by atoms with Crippen molar-refractivity contribution in [1.29, 1.82) is 0 Å². The summed E-state index contributed by atoms with van der Waals surface area (Å²) in [6.45, 7) is 2.15. The lowest BCUT2D eigenvalue weighted by atomic mass is 9.92. The highest BCUT2D eigenvalue weighted by Crippen LogP contribution is 2.21. The molecule has 2 nitrogen and oxygen atoms in total. The van der Waals surface area contributed by atoms with Crippen molar-refractivity contribution in [1.82, 2.24) is 0 Å². The Morgan fingerprint density at radius 1 is 1.05 bits per heavy atom. The molecule has 0 aromatic heterocycles. The lowest BCUT2D eigenvalue weighted by molar-refractivity contribution is 0.0695. The number of carbonyl (C=O) groups is 1. The second kappa shape index (κ2) is 6.90. The van der Waals surface area contributed by atoms with Gasteiger partial charge in [0.05, 0.1) is 5.56 Å². The van der Waals surface area contributed by atoms with Crippen molar-refractivity contribution >= 4 is 5.97 Å². The Hall–Kier alpha value is -2.09. The van der Waals surface area contributed by atoms with E-state index in [1.165, 1.54) is 0 Å². The SMILES string of the molecule is CCCCc1cccc(C(=O)O)c1Cc1ccccc1. The number of aromatic carboxylic acids is 1. The maximum Gasteiger partial charge on any atom is 0.335 e. The van der Waals surface area contributed by atoms with Crippen LogP contribution < -0.4 is 0 Å². The molecule has 2 heteroatoms. The van der Waals surface area contributed by atoms with E-state index in [1.807, 2.05) is 36.4 Å². The van der Waals surface area contributed by atoms with Crippen molar-refractivity contribution in [2.45, 2.75) is 32.6 Å². The topological polar surface area (TPSA) is 37.3 Å². The maximum atomic E-state index is 11.4. The zero-order valence-electron chi connectivity index (χ0n) is 11.8. The molecule has 0 amide bonds. The van der Waals surface area contributed by atoms with E-state index < -0.39 is 5.97 Å². The second-order valence-electron chi connectivity index (χ2n) is 5.01. The number of benzene rings is 2. The lowest BCUT2D eigenvalue weighted by Gasteiger charge is -2.12. The van der Waals surface area contributed by atoms with Crippen LogP contribution in [0.5, 0.6) is 0 Å². The van der Waals surface area contributed by atoms with E-state index in [9.17, 15) is 9.90 Å². The molecule has 0 bridgehead atoms. The van der Waals surface area contributed by atoms with Gasteiger partial charge in [0.25, 0.3) is 0 Å². The number of rotatable bonds is 6. The van der Waals surface area contributed by atoms with Crippen LogP contribution in [0.3, 0.4) is 0 Å². The summed E-state index contributed by atoms with van der Waals surface area (Å²) in [5.74, 6) is -0.839. The number of unbranched alkanes of at least 4 members (excludes halogenated alkanes) is 1. The van der Waals surface area contributed by atoms with Gasteiger partial charge in [-0.15, -0.1) is 0 Å². The van der Waals surface area contributed by atoms with Crippen LogP contribution in [-0.4, -0.2) is 11.1 Å². The normalized spacial score (nSPS) is 10.4. The summed E-state index contributed by atoms with van der Waals surface area (Å²) in [6.07, 6.45) is 3.83. The van der Waals surface area contributed by atoms with Crippen LogP contribution in [0.1, 0.15) is 46.8 Å². The van der Waals surface area contributed by atoms with Crippen LogP contribution in [0.15, 0.2) is 48.5 Å². The summed E-state index contributed by atoms with van der Waals surface area (Å²) >= 11 is 0. The van der Waals surface area contributed by atoms with E-state index >= 15 is 0 Å². The Kier molecular flexibility index (Phi) is 4.94. The van der Waals surface area contributed by atoms with E-state index in [4.69, 9.17) is 0 Å². The van der Waals surface area contributed by atoms with Crippen molar-refractivity contribution in [3.05, 3.63) is 70.8 Å². The molecule has 0 heterocycles. The van der Waals surface area contributed by atoms with Gasteiger partial charge in [0, 0.05) is 0 Å². The number of carboxylic acid groups (broad SMARTS) is 1. The minimum Gasteiger partial charge on any atom is -0.478 e. The van der Waals surface area contributed by atoms with Gasteiger partial charge in [0.1, 0.15) is 0 Å². The van der Waals surface area contributed by atoms with Gasteiger partial charge in [-0.05, 0) is 42.0 Å². The molecule has 0 saturated heterocycles. The molecule has 2 aromatic rings. The number of aryl methyl sites for hydroxylation is 1.